The molecule has 172 valence electrons. The molecule has 2 aliphatic heterocycles. The molecular weight excluding hydrogens is 425 g/mol. The van der Waals surface area contributed by atoms with Gasteiger partial charge in [0, 0.05) is 51.0 Å². The minimum absolute atomic E-state index is 0.0328. The van der Waals surface area contributed by atoms with Crippen LogP contribution in [0.3, 0.4) is 0 Å². The lowest BCUT2D eigenvalue weighted by molar-refractivity contribution is -0.274. The Labute approximate surface area is 184 Å². The second-order valence-electron chi connectivity index (χ2n) is 7.81. The number of para-hydroxylation sites is 2. The molecule has 2 aliphatic rings. The highest BCUT2D eigenvalue weighted by molar-refractivity contribution is 5.91. The lowest BCUT2D eigenvalue weighted by Gasteiger charge is -2.35. The van der Waals surface area contributed by atoms with Gasteiger partial charge in [0.2, 0.25) is 5.95 Å². The highest BCUT2D eigenvalue weighted by Crippen LogP contribution is 2.30. The van der Waals surface area contributed by atoms with E-state index < -0.39 is 18.1 Å². The van der Waals surface area contributed by atoms with Crippen molar-refractivity contribution in [3.05, 3.63) is 36.0 Å². The molecule has 2 amide bonds. The Morgan fingerprint density at radius 2 is 1.69 bits per heavy atom. The molecule has 1 N–H and O–H groups in total. The summed E-state index contributed by atoms with van der Waals surface area (Å²) >= 11 is 0. The van der Waals surface area contributed by atoms with Crippen LogP contribution < -0.4 is 19.9 Å². The van der Waals surface area contributed by atoms with Crippen LogP contribution in [0.1, 0.15) is 18.5 Å². The second-order valence-corrected chi connectivity index (χ2v) is 7.81. The van der Waals surface area contributed by atoms with E-state index in [-0.39, 0.29) is 5.69 Å². The number of nitrogens with zero attached hydrogens (tertiary/aromatic N) is 5. The smallest absolute Gasteiger partial charge is 0.404 e. The average molecular weight is 450 g/mol. The molecule has 32 heavy (non-hydrogen) atoms. The Morgan fingerprint density at radius 3 is 2.38 bits per heavy atom. The average Bonchev–Trinajstić information content (AvgIpc) is 3.29. The van der Waals surface area contributed by atoms with Crippen molar-refractivity contribution < 1.29 is 22.7 Å². The molecule has 1 aromatic carbocycles. The first-order valence-corrected chi connectivity index (χ1v) is 10.5. The zero-order valence-corrected chi connectivity index (χ0v) is 17.7. The molecule has 0 unspecified atom stereocenters. The van der Waals surface area contributed by atoms with Gasteiger partial charge < -0.3 is 24.8 Å². The summed E-state index contributed by atoms with van der Waals surface area (Å²) in [4.78, 5) is 27.7. The van der Waals surface area contributed by atoms with Gasteiger partial charge in [0.25, 0.3) is 0 Å². The van der Waals surface area contributed by atoms with Crippen molar-refractivity contribution in [1.29, 1.82) is 0 Å². The number of rotatable bonds is 4. The van der Waals surface area contributed by atoms with E-state index in [9.17, 15) is 18.0 Å². The predicted octanol–water partition coefficient (Wildman–Crippen LogP) is 3.64. The highest BCUT2D eigenvalue weighted by atomic mass is 19.4. The second kappa shape index (κ2) is 9.09. The van der Waals surface area contributed by atoms with Gasteiger partial charge in [0.1, 0.15) is 5.82 Å². The third-order valence-electron chi connectivity index (χ3n) is 5.46. The number of halogens is 3. The van der Waals surface area contributed by atoms with Gasteiger partial charge in [-0.05, 0) is 31.9 Å². The van der Waals surface area contributed by atoms with Gasteiger partial charge in [-0.3, -0.25) is 0 Å². The molecule has 0 radical (unpaired) electrons. The number of carbonyl (C=O) groups excluding carboxylic acids is 1. The number of alkyl halides is 3. The number of carbonyl (C=O) groups is 1. The van der Waals surface area contributed by atoms with Crippen molar-refractivity contribution in [2.24, 2.45) is 0 Å². The Bertz CT molecular complexity index is 957. The number of benzene rings is 1. The summed E-state index contributed by atoms with van der Waals surface area (Å²) in [6.07, 6.45) is -2.53. The van der Waals surface area contributed by atoms with Gasteiger partial charge in [-0.15, -0.1) is 13.2 Å². The first-order valence-electron chi connectivity index (χ1n) is 10.5. The number of hydrogen-bond donors (Lipinski definition) is 1. The molecule has 0 aliphatic carbocycles. The molecule has 11 heteroatoms. The third kappa shape index (κ3) is 5.32. The van der Waals surface area contributed by atoms with Crippen molar-refractivity contribution in [3.63, 3.8) is 0 Å². The van der Waals surface area contributed by atoms with E-state index in [4.69, 9.17) is 4.98 Å². The number of piperazine rings is 1. The largest absolute Gasteiger partial charge is 0.573 e. The number of hydrogen-bond acceptors (Lipinski definition) is 6. The van der Waals surface area contributed by atoms with Gasteiger partial charge in [-0.1, -0.05) is 12.1 Å². The summed E-state index contributed by atoms with van der Waals surface area (Å²) in [7, 11) is 0. The van der Waals surface area contributed by atoms with Crippen LogP contribution >= 0.6 is 0 Å². The lowest BCUT2D eigenvalue weighted by atomic mass is 10.3. The minimum Gasteiger partial charge on any atom is -0.404 e. The number of amides is 2. The first kappa shape index (κ1) is 22.0. The SMILES string of the molecule is Cc1cc(N2CCCC2)nc(N2CCN(C(=O)Nc3ccccc3OC(F)(F)F)CC2)n1. The molecule has 3 heterocycles. The predicted molar refractivity (Wildman–Crippen MR) is 114 cm³/mol. The van der Waals surface area contributed by atoms with Crippen molar-refractivity contribution in [1.82, 2.24) is 14.9 Å². The fourth-order valence-electron chi connectivity index (χ4n) is 3.87. The van der Waals surface area contributed by atoms with Gasteiger partial charge in [-0.25, -0.2) is 9.78 Å². The number of anilines is 3. The van der Waals surface area contributed by atoms with Gasteiger partial charge >= 0.3 is 12.4 Å². The quantitative estimate of drug-likeness (QED) is 0.767. The molecule has 0 bridgehead atoms. The Morgan fingerprint density at radius 1 is 1.00 bits per heavy atom. The standard InChI is InChI=1S/C21H25F3N6O2/c1-15-14-18(28-8-4-5-9-28)27-19(25-15)29-10-12-30(13-11-29)20(31)26-16-6-2-3-7-17(16)32-21(22,23)24/h2-3,6-7,14H,4-5,8-13H2,1H3,(H,26,31). The summed E-state index contributed by atoms with van der Waals surface area (Å²) in [6, 6.07) is 6.98. The van der Waals surface area contributed by atoms with Crippen LogP contribution in [0.2, 0.25) is 0 Å². The molecule has 2 fully saturated rings. The molecule has 1 aromatic heterocycles. The fraction of sp³-hybridized carbons (Fsp3) is 0.476. The zero-order valence-electron chi connectivity index (χ0n) is 17.7. The van der Waals surface area contributed by atoms with Crippen molar-refractivity contribution in [2.45, 2.75) is 26.1 Å². The van der Waals surface area contributed by atoms with Gasteiger partial charge in [-0.2, -0.15) is 4.98 Å². The normalized spacial score (nSPS) is 16.9. The van der Waals surface area contributed by atoms with Crippen LogP contribution in [0.4, 0.5) is 35.4 Å². The molecule has 8 nitrogen and oxygen atoms in total. The zero-order chi connectivity index (χ0) is 22.7. The molecule has 0 spiro atoms. The van der Waals surface area contributed by atoms with Crippen LogP contribution in [0.5, 0.6) is 5.75 Å². The monoisotopic (exact) mass is 450 g/mol. The molecule has 2 aromatic rings. The van der Waals surface area contributed by atoms with E-state index in [0.29, 0.717) is 32.1 Å². The van der Waals surface area contributed by atoms with Gasteiger partial charge in [0.15, 0.2) is 5.75 Å². The maximum atomic E-state index is 12.6. The van der Waals surface area contributed by atoms with Crippen LogP contribution in [0.25, 0.3) is 0 Å². The molecule has 2 saturated heterocycles. The number of ether oxygens (including phenoxy) is 1. The summed E-state index contributed by atoms with van der Waals surface area (Å²) in [6.45, 7) is 5.75. The molecule has 0 atom stereocenters. The number of aromatic nitrogens is 2. The van der Waals surface area contributed by atoms with E-state index in [0.717, 1.165) is 43.5 Å². The Balaban J connectivity index is 1.38. The number of nitrogens with one attached hydrogen (secondary N) is 1. The van der Waals surface area contributed by atoms with Crippen molar-refractivity contribution in [2.75, 3.05) is 54.4 Å². The topological polar surface area (TPSA) is 73.8 Å². The van der Waals surface area contributed by atoms with Crippen LogP contribution in [0, 0.1) is 6.92 Å². The van der Waals surface area contributed by atoms with E-state index >= 15 is 0 Å². The van der Waals surface area contributed by atoms with E-state index in [2.05, 4.69) is 19.9 Å². The van der Waals surface area contributed by atoms with Crippen LogP contribution in [-0.2, 0) is 0 Å². The Hall–Kier alpha value is -3.24. The fourth-order valence-corrected chi connectivity index (χ4v) is 3.87. The molecule has 4 rings (SSSR count). The van der Waals surface area contributed by atoms with Gasteiger partial charge in [0.05, 0.1) is 5.69 Å². The number of aryl methyl sites for hydroxylation is 1. The summed E-state index contributed by atoms with van der Waals surface area (Å²) < 4.78 is 41.8. The van der Waals surface area contributed by atoms with E-state index in [1.165, 1.54) is 18.2 Å². The molecule has 0 saturated carbocycles. The summed E-state index contributed by atoms with van der Waals surface area (Å²) in [5.41, 5.74) is 0.855. The van der Waals surface area contributed by atoms with Crippen LogP contribution in [0.15, 0.2) is 30.3 Å². The summed E-state index contributed by atoms with van der Waals surface area (Å²) in [5, 5.41) is 2.52. The highest BCUT2D eigenvalue weighted by Gasteiger charge is 2.32. The van der Waals surface area contributed by atoms with E-state index in [1.54, 1.807) is 4.90 Å². The number of urea groups is 1. The minimum atomic E-state index is -4.84. The van der Waals surface area contributed by atoms with E-state index in [1.807, 2.05) is 17.9 Å². The van der Waals surface area contributed by atoms with Crippen molar-refractivity contribution in [3.8, 4) is 5.75 Å². The first-order chi connectivity index (χ1) is 15.3. The maximum Gasteiger partial charge on any atom is 0.573 e. The lowest BCUT2D eigenvalue weighted by Crippen LogP contribution is -2.50. The third-order valence-corrected chi connectivity index (χ3v) is 5.46. The van der Waals surface area contributed by atoms with Crippen molar-refractivity contribution >= 4 is 23.5 Å². The summed E-state index contributed by atoms with van der Waals surface area (Å²) in [5.74, 6) is 1.11. The Kier molecular flexibility index (Phi) is 6.24. The maximum absolute atomic E-state index is 12.6. The molecular formula is C21H25F3N6O2. The van der Waals surface area contributed by atoms with Crippen LogP contribution in [-0.4, -0.2) is 66.5 Å².